The molecule has 1 aliphatic heterocycles. The Hall–Kier alpha value is -1.68. The van der Waals surface area contributed by atoms with Gasteiger partial charge in [0.2, 0.25) is 5.91 Å². The van der Waals surface area contributed by atoms with Crippen molar-refractivity contribution < 1.29 is 9.18 Å². The van der Waals surface area contributed by atoms with E-state index in [1.54, 1.807) is 18.2 Å². The van der Waals surface area contributed by atoms with E-state index < -0.39 is 0 Å². The van der Waals surface area contributed by atoms with Gasteiger partial charge in [-0.1, -0.05) is 18.2 Å². The van der Waals surface area contributed by atoms with Crippen molar-refractivity contribution >= 4 is 5.91 Å². The molecule has 3 nitrogen and oxygen atoms in total. The summed E-state index contributed by atoms with van der Waals surface area (Å²) in [5.74, 6) is -0.168. The maximum absolute atomic E-state index is 13.3. The SMILES string of the molecule is C/C=C/C(=O)NC1CNCCC1c1cccc(F)c1. The molecule has 0 aliphatic carbocycles. The van der Waals surface area contributed by atoms with E-state index in [1.807, 2.05) is 13.0 Å². The number of nitrogens with one attached hydrogen (secondary N) is 2. The number of carbonyl (C=O) groups excluding carboxylic acids is 1. The Morgan fingerprint density at radius 3 is 3.11 bits per heavy atom. The van der Waals surface area contributed by atoms with Gasteiger partial charge in [0, 0.05) is 18.5 Å². The van der Waals surface area contributed by atoms with Crippen LogP contribution in [0.1, 0.15) is 24.8 Å². The van der Waals surface area contributed by atoms with Crippen LogP contribution < -0.4 is 10.6 Å². The highest BCUT2D eigenvalue weighted by atomic mass is 19.1. The first-order valence-electron chi connectivity index (χ1n) is 6.60. The van der Waals surface area contributed by atoms with Gasteiger partial charge in [-0.15, -0.1) is 0 Å². The number of allylic oxidation sites excluding steroid dienone is 1. The van der Waals surface area contributed by atoms with Crippen molar-refractivity contribution in [2.24, 2.45) is 0 Å². The standard InChI is InChI=1S/C15H19FN2O/c1-2-4-15(19)18-14-10-17-8-7-13(14)11-5-3-6-12(16)9-11/h2-6,9,13-14,17H,7-8,10H2,1H3,(H,18,19)/b4-2+. The fourth-order valence-electron chi connectivity index (χ4n) is 2.53. The zero-order valence-corrected chi connectivity index (χ0v) is 11.0. The van der Waals surface area contributed by atoms with Crippen LogP contribution >= 0.6 is 0 Å². The van der Waals surface area contributed by atoms with Gasteiger partial charge in [-0.05, 0) is 43.7 Å². The van der Waals surface area contributed by atoms with Crippen molar-refractivity contribution in [2.45, 2.75) is 25.3 Å². The number of halogens is 1. The number of amides is 1. The minimum Gasteiger partial charge on any atom is -0.348 e. The quantitative estimate of drug-likeness (QED) is 0.818. The number of benzene rings is 1. The second-order valence-electron chi connectivity index (χ2n) is 4.77. The van der Waals surface area contributed by atoms with Crippen molar-refractivity contribution in [3.63, 3.8) is 0 Å². The van der Waals surface area contributed by atoms with Crippen LogP contribution in [0.4, 0.5) is 4.39 Å². The zero-order chi connectivity index (χ0) is 13.7. The molecule has 1 saturated heterocycles. The Labute approximate surface area is 112 Å². The summed E-state index contributed by atoms with van der Waals surface area (Å²) in [5.41, 5.74) is 0.951. The monoisotopic (exact) mass is 262 g/mol. The number of piperidine rings is 1. The van der Waals surface area contributed by atoms with Gasteiger partial charge >= 0.3 is 0 Å². The summed E-state index contributed by atoms with van der Waals surface area (Å²) in [4.78, 5) is 11.7. The number of hydrogen-bond acceptors (Lipinski definition) is 2. The second-order valence-corrected chi connectivity index (χ2v) is 4.77. The third-order valence-electron chi connectivity index (χ3n) is 3.40. The van der Waals surface area contributed by atoms with Crippen LogP contribution in [0.5, 0.6) is 0 Å². The molecule has 0 aromatic heterocycles. The average Bonchev–Trinajstić information content (AvgIpc) is 2.39. The molecule has 0 saturated carbocycles. The number of carbonyl (C=O) groups is 1. The molecule has 2 atom stereocenters. The van der Waals surface area contributed by atoms with Gasteiger partial charge in [-0.3, -0.25) is 4.79 Å². The van der Waals surface area contributed by atoms with E-state index in [1.165, 1.54) is 12.1 Å². The predicted octanol–water partition coefficient (Wildman–Crippen LogP) is 1.96. The lowest BCUT2D eigenvalue weighted by molar-refractivity contribution is -0.117. The van der Waals surface area contributed by atoms with E-state index in [2.05, 4.69) is 10.6 Å². The normalized spacial score (nSPS) is 23.5. The van der Waals surface area contributed by atoms with Gasteiger partial charge in [0.25, 0.3) is 0 Å². The average molecular weight is 262 g/mol. The van der Waals surface area contributed by atoms with Crippen LogP contribution in [0.3, 0.4) is 0 Å². The summed E-state index contributed by atoms with van der Waals surface area (Å²) >= 11 is 0. The first-order valence-corrected chi connectivity index (χ1v) is 6.60. The highest BCUT2D eigenvalue weighted by molar-refractivity contribution is 5.87. The molecule has 0 bridgehead atoms. The van der Waals surface area contributed by atoms with Crippen LogP contribution in [0.15, 0.2) is 36.4 Å². The van der Waals surface area contributed by atoms with E-state index in [0.717, 1.165) is 18.5 Å². The van der Waals surface area contributed by atoms with Crippen molar-refractivity contribution in [1.82, 2.24) is 10.6 Å². The molecular formula is C15H19FN2O. The molecule has 1 aliphatic rings. The lowest BCUT2D eigenvalue weighted by atomic mass is 9.86. The van der Waals surface area contributed by atoms with E-state index in [9.17, 15) is 9.18 Å². The first kappa shape index (κ1) is 13.7. The fraction of sp³-hybridized carbons (Fsp3) is 0.400. The summed E-state index contributed by atoms with van der Waals surface area (Å²) in [6.07, 6.45) is 4.12. The molecule has 0 spiro atoms. The summed E-state index contributed by atoms with van der Waals surface area (Å²) in [6.45, 7) is 3.41. The van der Waals surface area contributed by atoms with Crippen LogP contribution in [0, 0.1) is 5.82 Å². The molecule has 0 radical (unpaired) electrons. The smallest absolute Gasteiger partial charge is 0.243 e. The van der Waals surface area contributed by atoms with Crippen molar-refractivity contribution in [2.75, 3.05) is 13.1 Å². The van der Waals surface area contributed by atoms with Crippen LogP contribution in [0.2, 0.25) is 0 Å². The van der Waals surface area contributed by atoms with Gasteiger partial charge in [0.05, 0.1) is 0 Å². The minimum atomic E-state index is -0.227. The van der Waals surface area contributed by atoms with Crippen molar-refractivity contribution in [3.05, 3.63) is 47.8 Å². The molecular weight excluding hydrogens is 243 g/mol. The summed E-state index contributed by atoms with van der Waals surface area (Å²) in [6, 6.07) is 6.65. The van der Waals surface area contributed by atoms with Gasteiger partial charge in [-0.25, -0.2) is 4.39 Å². The molecule has 102 valence electrons. The van der Waals surface area contributed by atoms with Crippen molar-refractivity contribution in [1.29, 1.82) is 0 Å². The maximum Gasteiger partial charge on any atom is 0.243 e. The zero-order valence-electron chi connectivity index (χ0n) is 11.0. The Kier molecular flexibility index (Phi) is 4.68. The Balaban J connectivity index is 2.14. The molecule has 19 heavy (non-hydrogen) atoms. The molecule has 1 amide bonds. The van der Waals surface area contributed by atoms with Crippen LogP contribution in [0.25, 0.3) is 0 Å². The molecule has 1 aromatic carbocycles. The molecule has 1 aromatic rings. The highest BCUT2D eigenvalue weighted by Gasteiger charge is 2.27. The largest absolute Gasteiger partial charge is 0.348 e. The maximum atomic E-state index is 13.3. The summed E-state index contributed by atoms with van der Waals surface area (Å²) in [7, 11) is 0. The lowest BCUT2D eigenvalue weighted by Crippen LogP contribution is -2.49. The topological polar surface area (TPSA) is 41.1 Å². The molecule has 2 N–H and O–H groups in total. The van der Waals surface area contributed by atoms with Crippen molar-refractivity contribution in [3.8, 4) is 0 Å². The van der Waals surface area contributed by atoms with Crippen LogP contribution in [-0.4, -0.2) is 25.0 Å². The predicted molar refractivity (Wildman–Crippen MR) is 73.4 cm³/mol. The molecule has 1 heterocycles. The highest BCUT2D eigenvalue weighted by Crippen LogP contribution is 2.26. The summed E-state index contributed by atoms with van der Waals surface area (Å²) < 4.78 is 13.3. The van der Waals surface area contributed by atoms with Gasteiger partial charge in [0.15, 0.2) is 0 Å². The first-order chi connectivity index (χ1) is 9.20. The molecule has 2 unspecified atom stereocenters. The Morgan fingerprint density at radius 1 is 1.53 bits per heavy atom. The number of rotatable bonds is 3. The third kappa shape index (κ3) is 3.64. The second kappa shape index (κ2) is 6.48. The van der Waals surface area contributed by atoms with Gasteiger partial charge in [-0.2, -0.15) is 0 Å². The summed E-state index contributed by atoms with van der Waals surface area (Å²) in [5, 5.41) is 6.24. The Bertz CT molecular complexity index is 473. The van der Waals surface area contributed by atoms with E-state index in [4.69, 9.17) is 0 Å². The minimum absolute atomic E-state index is 0.000694. The fourth-order valence-corrected chi connectivity index (χ4v) is 2.53. The third-order valence-corrected chi connectivity index (χ3v) is 3.40. The number of hydrogen-bond donors (Lipinski definition) is 2. The molecule has 4 heteroatoms. The molecule has 1 fully saturated rings. The van der Waals surface area contributed by atoms with Gasteiger partial charge in [0.1, 0.15) is 5.82 Å². The lowest BCUT2D eigenvalue weighted by Gasteiger charge is -2.33. The van der Waals surface area contributed by atoms with E-state index in [-0.39, 0.29) is 23.7 Å². The Morgan fingerprint density at radius 2 is 2.37 bits per heavy atom. The van der Waals surface area contributed by atoms with E-state index in [0.29, 0.717) is 6.54 Å². The van der Waals surface area contributed by atoms with E-state index >= 15 is 0 Å². The van der Waals surface area contributed by atoms with Crippen LogP contribution in [-0.2, 0) is 4.79 Å². The molecule has 2 rings (SSSR count). The van der Waals surface area contributed by atoms with Gasteiger partial charge < -0.3 is 10.6 Å².